The van der Waals surface area contributed by atoms with Gasteiger partial charge in [-0.1, -0.05) is 37.8 Å². The number of halogens is 1. The van der Waals surface area contributed by atoms with Gasteiger partial charge >= 0.3 is 0 Å². The van der Waals surface area contributed by atoms with E-state index in [-0.39, 0.29) is 11.4 Å². The number of rotatable bonds is 5. The van der Waals surface area contributed by atoms with Gasteiger partial charge in [0.2, 0.25) is 0 Å². The molecule has 0 radical (unpaired) electrons. The van der Waals surface area contributed by atoms with E-state index in [1.54, 1.807) is 24.3 Å². The van der Waals surface area contributed by atoms with E-state index in [2.05, 4.69) is 12.2 Å². The predicted molar refractivity (Wildman–Crippen MR) is 96.2 cm³/mol. The molecule has 0 aromatic heterocycles. The molecule has 1 saturated carbocycles. The fraction of sp³-hybridized carbons (Fsp3) is 0.526. The van der Waals surface area contributed by atoms with E-state index in [1.165, 1.54) is 6.42 Å². The Balaban J connectivity index is 1.97. The summed E-state index contributed by atoms with van der Waals surface area (Å²) in [5.74, 6) is 1.13. The highest BCUT2D eigenvalue weighted by Crippen LogP contribution is 2.45. The minimum absolute atomic E-state index is 0.0141. The maximum absolute atomic E-state index is 12.9. The number of nitrogens with one attached hydrogen (secondary N) is 1. The number of carbonyl (C=O) groups is 1. The molecule has 4 nitrogen and oxygen atoms in total. The van der Waals surface area contributed by atoms with Crippen molar-refractivity contribution >= 4 is 17.5 Å². The minimum Gasteiger partial charge on any atom is -0.451 e. The molecule has 1 N–H and O–H groups in total. The van der Waals surface area contributed by atoms with Gasteiger partial charge in [-0.25, -0.2) is 0 Å². The maximum atomic E-state index is 12.9. The smallest absolute Gasteiger partial charge is 0.290 e. The summed E-state index contributed by atoms with van der Waals surface area (Å²) < 4.78 is 6.04. The van der Waals surface area contributed by atoms with Crippen LogP contribution in [0.3, 0.4) is 0 Å². The molecule has 5 heteroatoms. The van der Waals surface area contributed by atoms with E-state index in [1.807, 2.05) is 11.9 Å². The summed E-state index contributed by atoms with van der Waals surface area (Å²) in [6.07, 6.45) is 5.58. The quantitative estimate of drug-likeness (QED) is 0.881. The molecule has 1 aromatic carbocycles. The average Bonchev–Trinajstić information content (AvgIpc) is 2.78. The molecule has 0 unspecified atom stereocenters. The third-order valence-electron chi connectivity index (χ3n) is 5.24. The number of nitrogens with zero attached hydrogens (tertiary/aromatic N) is 1. The van der Waals surface area contributed by atoms with Gasteiger partial charge in [-0.3, -0.25) is 4.79 Å². The van der Waals surface area contributed by atoms with Gasteiger partial charge in [-0.05, 0) is 43.7 Å². The zero-order valence-corrected chi connectivity index (χ0v) is 15.2. The Bertz CT molecular complexity index is 633. The summed E-state index contributed by atoms with van der Waals surface area (Å²) in [4.78, 5) is 14.8. The number of benzene rings is 1. The van der Waals surface area contributed by atoms with Crippen molar-refractivity contribution in [1.29, 1.82) is 0 Å². The summed E-state index contributed by atoms with van der Waals surface area (Å²) >= 11 is 5.94. The molecule has 1 aromatic rings. The van der Waals surface area contributed by atoms with Crippen LogP contribution in [0.15, 0.2) is 35.6 Å². The van der Waals surface area contributed by atoms with Crippen LogP contribution in [-0.4, -0.2) is 36.5 Å². The van der Waals surface area contributed by atoms with Gasteiger partial charge in [-0.2, -0.15) is 0 Å². The van der Waals surface area contributed by atoms with Crippen LogP contribution in [0.5, 0.6) is 5.75 Å². The van der Waals surface area contributed by atoms with Gasteiger partial charge in [-0.15, -0.1) is 0 Å². The van der Waals surface area contributed by atoms with Gasteiger partial charge in [0.1, 0.15) is 5.75 Å². The maximum Gasteiger partial charge on any atom is 0.290 e. The van der Waals surface area contributed by atoms with Crippen molar-refractivity contribution in [3.05, 3.63) is 40.6 Å². The molecule has 0 saturated heterocycles. The lowest BCUT2D eigenvalue weighted by Crippen LogP contribution is -2.48. The van der Waals surface area contributed by atoms with Crippen molar-refractivity contribution in [2.24, 2.45) is 0 Å². The van der Waals surface area contributed by atoms with Crippen LogP contribution in [0, 0.1) is 0 Å². The van der Waals surface area contributed by atoms with Crippen LogP contribution in [0.25, 0.3) is 0 Å². The molecule has 1 aliphatic heterocycles. The third-order valence-corrected chi connectivity index (χ3v) is 5.49. The fourth-order valence-corrected chi connectivity index (χ4v) is 4.01. The highest BCUT2D eigenvalue weighted by molar-refractivity contribution is 6.30. The van der Waals surface area contributed by atoms with Crippen molar-refractivity contribution in [3.8, 4) is 5.75 Å². The minimum atomic E-state index is -0.181. The largest absolute Gasteiger partial charge is 0.451 e. The molecule has 3 rings (SSSR count). The Hall–Kier alpha value is -1.52. The summed E-state index contributed by atoms with van der Waals surface area (Å²) in [6.45, 7) is 3.63. The van der Waals surface area contributed by atoms with Gasteiger partial charge in [0.15, 0.2) is 5.76 Å². The van der Waals surface area contributed by atoms with Crippen molar-refractivity contribution in [2.45, 2.75) is 44.6 Å². The number of likely N-dealkylation sites (N-methyl/N-ethyl adjacent to an activating group) is 2. The molecule has 1 aliphatic carbocycles. The first kappa shape index (κ1) is 17.3. The topological polar surface area (TPSA) is 41.6 Å². The molecule has 2 aliphatic rings. The summed E-state index contributed by atoms with van der Waals surface area (Å²) in [6, 6.07) is 7.17. The van der Waals surface area contributed by atoms with Gasteiger partial charge in [0.05, 0.1) is 5.54 Å². The summed E-state index contributed by atoms with van der Waals surface area (Å²) in [7, 11) is 1.91. The Labute approximate surface area is 148 Å². The highest BCUT2D eigenvalue weighted by Gasteiger charge is 2.50. The zero-order chi connectivity index (χ0) is 17.2. The standard InChI is InChI=1S/C19H25ClN2O2/c1-3-21-13-16-17(24-15-9-7-14(20)8-10-15)18(23)22(2)19(16)11-5-4-6-12-19/h7-10,21H,3-6,11-13H2,1-2H3. The van der Waals surface area contributed by atoms with Crippen molar-refractivity contribution in [1.82, 2.24) is 10.2 Å². The fourth-order valence-electron chi connectivity index (χ4n) is 3.88. The van der Waals surface area contributed by atoms with Gasteiger partial charge in [0.25, 0.3) is 5.91 Å². The monoisotopic (exact) mass is 348 g/mol. The molecular formula is C19H25ClN2O2. The predicted octanol–water partition coefficient (Wildman–Crippen LogP) is 3.76. The third kappa shape index (κ3) is 3.05. The highest BCUT2D eigenvalue weighted by atomic mass is 35.5. The van der Waals surface area contributed by atoms with Crippen LogP contribution >= 0.6 is 11.6 Å². The van der Waals surface area contributed by atoms with Crippen molar-refractivity contribution < 1.29 is 9.53 Å². The van der Waals surface area contributed by atoms with E-state index in [0.717, 1.165) is 37.8 Å². The molecule has 130 valence electrons. The van der Waals surface area contributed by atoms with Crippen LogP contribution in [0.1, 0.15) is 39.0 Å². The molecule has 0 bridgehead atoms. The number of ether oxygens (including phenoxy) is 1. The number of carbonyl (C=O) groups excluding carboxylic acids is 1. The van der Waals surface area contributed by atoms with Crippen LogP contribution in [0.2, 0.25) is 5.02 Å². The van der Waals surface area contributed by atoms with E-state index in [0.29, 0.717) is 23.1 Å². The second-order valence-electron chi connectivity index (χ2n) is 6.60. The first-order valence-corrected chi connectivity index (χ1v) is 9.12. The Morgan fingerprint density at radius 2 is 1.88 bits per heavy atom. The molecule has 1 amide bonds. The van der Waals surface area contributed by atoms with Gasteiger partial charge in [0, 0.05) is 24.2 Å². The number of amides is 1. The first-order valence-electron chi connectivity index (χ1n) is 8.74. The van der Waals surface area contributed by atoms with E-state index < -0.39 is 0 Å². The molecule has 24 heavy (non-hydrogen) atoms. The van der Waals surface area contributed by atoms with Crippen molar-refractivity contribution in [2.75, 3.05) is 20.1 Å². The van der Waals surface area contributed by atoms with E-state index in [4.69, 9.17) is 16.3 Å². The lowest BCUT2D eigenvalue weighted by molar-refractivity contribution is -0.130. The molecule has 1 heterocycles. The Kier molecular flexibility index (Phi) is 5.16. The van der Waals surface area contributed by atoms with E-state index in [9.17, 15) is 4.79 Å². The number of hydrogen-bond donors (Lipinski definition) is 1. The summed E-state index contributed by atoms with van der Waals surface area (Å²) in [5, 5.41) is 4.05. The molecular weight excluding hydrogens is 324 g/mol. The van der Waals surface area contributed by atoms with Gasteiger partial charge < -0.3 is 15.0 Å². The lowest BCUT2D eigenvalue weighted by Gasteiger charge is -2.41. The van der Waals surface area contributed by atoms with Crippen LogP contribution in [0.4, 0.5) is 0 Å². The summed E-state index contributed by atoms with van der Waals surface area (Å²) in [5.41, 5.74) is 0.922. The molecule has 1 spiro atoms. The Morgan fingerprint density at radius 3 is 2.50 bits per heavy atom. The van der Waals surface area contributed by atoms with Crippen LogP contribution in [-0.2, 0) is 4.79 Å². The SMILES string of the molecule is CCNCC1=C(Oc2ccc(Cl)cc2)C(=O)N(C)C12CCCCC2. The lowest BCUT2D eigenvalue weighted by atomic mass is 9.76. The van der Waals surface area contributed by atoms with Crippen molar-refractivity contribution in [3.63, 3.8) is 0 Å². The van der Waals surface area contributed by atoms with E-state index >= 15 is 0 Å². The second-order valence-corrected chi connectivity index (χ2v) is 7.04. The zero-order valence-electron chi connectivity index (χ0n) is 14.4. The van der Waals surface area contributed by atoms with Crippen LogP contribution < -0.4 is 10.1 Å². The second kappa shape index (κ2) is 7.16. The molecule has 0 atom stereocenters. The Morgan fingerprint density at radius 1 is 1.21 bits per heavy atom. The average molecular weight is 349 g/mol. The normalized spacial score (nSPS) is 20.1. The first-order chi connectivity index (χ1) is 11.6. The number of hydrogen-bond acceptors (Lipinski definition) is 3. The molecule has 1 fully saturated rings.